The van der Waals surface area contributed by atoms with Crippen molar-refractivity contribution in [2.24, 2.45) is 0 Å². The topological polar surface area (TPSA) is 60.7 Å². The Kier molecular flexibility index (Phi) is 5.36. The third-order valence-electron chi connectivity index (χ3n) is 3.78. The van der Waals surface area contributed by atoms with Gasteiger partial charge in [0.05, 0.1) is 13.2 Å². The minimum absolute atomic E-state index is 0.281. The summed E-state index contributed by atoms with van der Waals surface area (Å²) in [6.07, 6.45) is 0. The summed E-state index contributed by atoms with van der Waals surface area (Å²) in [4.78, 5) is 12.7. The lowest BCUT2D eigenvalue weighted by molar-refractivity contribution is 0.0984. The number of ether oxygens (including phenoxy) is 2. The number of anilines is 1. The van der Waals surface area contributed by atoms with Crippen molar-refractivity contribution in [1.29, 1.82) is 0 Å². The lowest BCUT2D eigenvalue weighted by atomic mass is 10.1. The normalized spacial score (nSPS) is 10.8. The molecule has 1 amide bonds. The van der Waals surface area contributed by atoms with Crippen LogP contribution in [0.15, 0.2) is 52.9 Å². The molecular formula is C20H21NO4. The molecule has 0 bridgehead atoms. The summed E-state index contributed by atoms with van der Waals surface area (Å²) in [6, 6.07) is 14.8. The van der Waals surface area contributed by atoms with Gasteiger partial charge in [-0.3, -0.25) is 4.79 Å². The SMILES string of the molecule is CCOCc1c(C(=O)Nc2ccc(OCC)cc2)oc2ccccc12. The fourth-order valence-corrected chi connectivity index (χ4v) is 2.62. The standard InChI is InChI=1S/C20H21NO4/c1-3-23-13-17-16-7-5-6-8-18(16)25-19(17)20(22)21-14-9-11-15(12-10-14)24-4-2/h5-12H,3-4,13H2,1-2H3,(H,21,22). The number of carbonyl (C=O) groups is 1. The number of para-hydroxylation sites is 1. The average Bonchev–Trinajstić information content (AvgIpc) is 3.00. The Morgan fingerprint density at radius 1 is 1.04 bits per heavy atom. The third kappa shape index (κ3) is 3.83. The predicted molar refractivity (Wildman–Crippen MR) is 97.1 cm³/mol. The molecule has 0 radical (unpaired) electrons. The van der Waals surface area contributed by atoms with E-state index >= 15 is 0 Å². The molecule has 5 nitrogen and oxygen atoms in total. The van der Waals surface area contributed by atoms with E-state index in [9.17, 15) is 4.79 Å². The molecule has 0 spiro atoms. The van der Waals surface area contributed by atoms with Crippen LogP contribution < -0.4 is 10.1 Å². The molecule has 3 rings (SSSR count). The van der Waals surface area contributed by atoms with E-state index in [2.05, 4.69) is 5.32 Å². The van der Waals surface area contributed by atoms with Crippen LogP contribution >= 0.6 is 0 Å². The van der Waals surface area contributed by atoms with Crippen LogP contribution in [0.2, 0.25) is 0 Å². The van der Waals surface area contributed by atoms with Crippen molar-refractivity contribution in [3.05, 3.63) is 59.9 Å². The highest BCUT2D eigenvalue weighted by molar-refractivity contribution is 6.06. The number of furan rings is 1. The number of fused-ring (bicyclic) bond motifs is 1. The molecule has 0 unspecified atom stereocenters. The van der Waals surface area contributed by atoms with Crippen molar-refractivity contribution in [3.8, 4) is 5.75 Å². The molecule has 0 fully saturated rings. The van der Waals surface area contributed by atoms with E-state index in [0.717, 1.165) is 16.7 Å². The van der Waals surface area contributed by atoms with Crippen LogP contribution in [-0.4, -0.2) is 19.1 Å². The van der Waals surface area contributed by atoms with Gasteiger partial charge >= 0.3 is 0 Å². The first kappa shape index (κ1) is 17.0. The number of nitrogens with one attached hydrogen (secondary N) is 1. The predicted octanol–water partition coefficient (Wildman–Crippen LogP) is 4.62. The van der Waals surface area contributed by atoms with E-state index in [1.54, 1.807) is 12.1 Å². The van der Waals surface area contributed by atoms with Crippen LogP contribution in [0.4, 0.5) is 5.69 Å². The zero-order chi connectivity index (χ0) is 17.6. The molecule has 1 aromatic heterocycles. The fourth-order valence-electron chi connectivity index (χ4n) is 2.62. The van der Waals surface area contributed by atoms with Crippen LogP contribution in [0.5, 0.6) is 5.75 Å². The summed E-state index contributed by atoms with van der Waals surface area (Å²) < 4.78 is 16.7. The van der Waals surface area contributed by atoms with Crippen LogP contribution in [0.1, 0.15) is 30.0 Å². The Morgan fingerprint density at radius 2 is 1.80 bits per heavy atom. The van der Waals surface area contributed by atoms with Gasteiger partial charge in [0.25, 0.3) is 5.91 Å². The summed E-state index contributed by atoms with van der Waals surface area (Å²) in [7, 11) is 0. The van der Waals surface area contributed by atoms with Gasteiger partial charge in [-0.25, -0.2) is 0 Å². The Balaban J connectivity index is 1.85. The monoisotopic (exact) mass is 339 g/mol. The second-order valence-corrected chi connectivity index (χ2v) is 5.45. The molecule has 25 heavy (non-hydrogen) atoms. The summed E-state index contributed by atoms with van der Waals surface area (Å²) in [5.41, 5.74) is 2.12. The largest absolute Gasteiger partial charge is 0.494 e. The van der Waals surface area contributed by atoms with Gasteiger partial charge in [0.2, 0.25) is 0 Å². The summed E-state index contributed by atoms with van der Waals surface area (Å²) >= 11 is 0. The van der Waals surface area contributed by atoms with Crippen molar-refractivity contribution in [2.75, 3.05) is 18.5 Å². The van der Waals surface area contributed by atoms with Gasteiger partial charge in [0.15, 0.2) is 5.76 Å². The van der Waals surface area contributed by atoms with E-state index in [0.29, 0.717) is 31.1 Å². The van der Waals surface area contributed by atoms with Gasteiger partial charge in [-0.1, -0.05) is 18.2 Å². The molecule has 3 aromatic rings. The minimum Gasteiger partial charge on any atom is -0.494 e. The van der Waals surface area contributed by atoms with Gasteiger partial charge < -0.3 is 19.2 Å². The van der Waals surface area contributed by atoms with E-state index < -0.39 is 0 Å². The Morgan fingerprint density at radius 3 is 2.52 bits per heavy atom. The molecule has 0 saturated heterocycles. The summed E-state index contributed by atoms with van der Waals surface area (Å²) in [5, 5.41) is 3.76. The molecule has 1 heterocycles. The van der Waals surface area contributed by atoms with Gasteiger partial charge in [-0.05, 0) is 44.2 Å². The average molecular weight is 339 g/mol. The first-order chi connectivity index (χ1) is 12.2. The second-order valence-electron chi connectivity index (χ2n) is 5.45. The van der Waals surface area contributed by atoms with Gasteiger partial charge in [-0.15, -0.1) is 0 Å². The number of amides is 1. The van der Waals surface area contributed by atoms with Crippen molar-refractivity contribution < 1.29 is 18.7 Å². The number of hydrogen-bond donors (Lipinski definition) is 1. The lowest BCUT2D eigenvalue weighted by Crippen LogP contribution is -2.13. The number of carbonyl (C=O) groups excluding carboxylic acids is 1. The van der Waals surface area contributed by atoms with Gasteiger partial charge in [-0.2, -0.15) is 0 Å². The van der Waals surface area contributed by atoms with Crippen LogP contribution in [0.25, 0.3) is 11.0 Å². The van der Waals surface area contributed by atoms with Crippen molar-refractivity contribution in [2.45, 2.75) is 20.5 Å². The van der Waals surface area contributed by atoms with E-state index in [1.807, 2.05) is 50.2 Å². The highest BCUT2D eigenvalue weighted by atomic mass is 16.5. The molecule has 130 valence electrons. The zero-order valence-corrected chi connectivity index (χ0v) is 14.4. The Labute approximate surface area is 146 Å². The fraction of sp³-hybridized carbons (Fsp3) is 0.250. The number of benzene rings is 2. The maximum absolute atomic E-state index is 12.7. The van der Waals surface area contributed by atoms with E-state index in [1.165, 1.54) is 0 Å². The Bertz CT molecular complexity index is 852. The molecule has 2 aromatic carbocycles. The zero-order valence-electron chi connectivity index (χ0n) is 14.4. The van der Waals surface area contributed by atoms with Gasteiger partial charge in [0.1, 0.15) is 11.3 Å². The highest BCUT2D eigenvalue weighted by Crippen LogP contribution is 2.27. The first-order valence-electron chi connectivity index (χ1n) is 8.35. The van der Waals surface area contributed by atoms with Crippen molar-refractivity contribution in [3.63, 3.8) is 0 Å². The molecular weight excluding hydrogens is 318 g/mol. The molecule has 0 aliphatic heterocycles. The lowest BCUT2D eigenvalue weighted by Gasteiger charge is -2.07. The summed E-state index contributed by atoms with van der Waals surface area (Å²) in [6.45, 7) is 5.35. The molecule has 0 saturated carbocycles. The van der Waals surface area contributed by atoms with Crippen LogP contribution in [0.3, 0.4) is 0 Å². The van der Waals surface area contributed by atoms with Crippen molar-refractivity contribution >= 4 is 22.6 Å². The highest BCUT2D eigenvalue weighted by Gasteiger charge is 2.20. The quantitative estimate of drug-likeness (QED) is 0.682. The van der Waals surface area contributed by atoms with E-state index in [-0.39, 0.29) is 11.7 Å². The molecule has 5 heteroatoms. The molecule has 1 N–H and O–H groups in total. The summed E-state index contributed by atoms with van der Waals surface area (Å²) in [5.74, 6) is 0.750. The van der Waals surface area contributed by atoms with Crippen LogP contribution in [-0.2, 0) is 11.3 Å². The minimum atomic E-state index is -0.296. The smallest absolute Gasteiger partial charge is 0.291 e. The molecule has 0 atom stereocenters. The van der Waals surface area contributed by atoms with Crippen LogP contribution in [0, 0.1) is 0 Å². The maximum atomic E-state index is 12.7. The second kappa shape index (κ2) is 7.85. The molecule has 0 aliphatic carbocycles. The number of rotatable bonds is 7. The third-order valence-corrected chi connectivity index (χ3v) is 3.78. The molecule has 0 aliphatic rings. The van der Waals surface area contributed by atoms with Crippen molar-refractivity contribution in [1.82, 2.24) is 0 Å². The Hall–Kier alpha value is -2.79. The first-order valence-corrected chi connectivity index (χ1v) is 8.35. The van der Waals surface area contributed by atoms with E-state index in [4.69, 9.17) is 13.9 Å². The van der Waals surface area contributed by atoms with Gasteiger partial charge in [0, 0.05) is 23.2 Å². The number of hydrogen-bond acceptors (Lipinski definition) is 4. The maximum Gasteiger partial charge on any atom is 0.291 e.